The van der Waals surface area contributed by atoms with E-state index in [1.807, 2.05) is 12.4 Å². The van der Waals surface area contributed by atoms with Crippen molar-refractivity contribution in [1.29, 1.82) is 0 Å². The standard InChI is InChI=1S/C15H18N4O/c20-12-5-4-11-2-1-3-14(13(11)8-12)18-6-7-19-10-16-17-15(19)9-18/h4-5,8,10,14,20H,1-3,6-7,9H2. The van der Waals surface area contributed by atoms with Gasteiger partial charge in [-0.25, -0.2) is 0 Å². The van der Waals surface area contributed by atoms with Crippen LogP contribution in [0.25, 0.3) is 0 Å². The molecule has 0 bridgehead atoms. The van der Waals surface area contributed by atoms with E-state index in [-0.39, 0.29) is 0 Å². The molecule has 104 valence electrons. The van der Waals surface area contributed by atoms with Crippen molar-refractivity contribution in [3.63, 3.8) is 0 Å². The fraction of sp³-hybridized carbons (Fsp3) is 0.467. The first-order chi connectivity index (χ1) is 9.81. The van der Waals surface area contributed by atoms with Crippen LogP contribution < -0.4 is 0 Å². The molecular weight excluding hydrogens is 252 g/mol. The van der Waals surface area contributed by atoms with Crippen LogP contribution in [0.3, 0.4) is 0 Å². The zero-order chi connectivity index (χ0) is 13.5. The second-order valence-corrected chi connectivity index (χ2v) is 5.70. The summed E-state index contributed by atoms with van der Waals surface area (Å²) in [5.74, 6) is 1.42. The van der Waals surface area contributed by atoms with Crippen molar-refractivity contribution >= 4 is 0 Å². The van der Waals surface area contributed by atoms with Crippen LogP contribution in [0.5, 0.6) is 5.75 Å². The maximum atomic E-state index is 9.78. The molecule has 1 aromatic heterocycles. The smallest absolute Gasteiger partial charge is 0.147 e. The lowest BCUT2D eigenvalue weighted by Gasteiger charge is -2.37. The highest BCUT2D eigenvalue weighted by molar-refractivity contribution is 5.38. The fourth-order valence-corrected chi connectivity index (χ4v) is 3.49. The van der Waals surface area contributed by atoms with Gasteiger partial charge in [-0.05, 0) is 42.5 Å². The molecule has 1 aromatic carbocycles. The van der Waals surface area contributed by atoms with E-state index in [0.29, 0.717) is 11.8 Å². The fourth-order valence-electron chi connectivity index (χ4n) is 3.49. The maximum Gasteiger partial charge on any atom is 0.147 e. The Bertz CT molecular complexity index is 637. The van der Waals surface area contributed by atoms with E-state index >= 15 is 0 Å². The van der Waals surface area contributed by atoms with Crippen LogP contribution in [0.15, 0.2) is 24.5 Å². The van der Waals surface area contributed by atoms with E-state index in [1.54, 1.807) is 6.07 Å². The molecule has 0 saturated heterocycles. The molecule has 0 saturated carbocycles. The minimum absolute atomic E-state index is 0.371. The first-order valence-electron chi connectivity index (χ1n) is 7.24. The van der Waals surface area contributed by atoms with Crippen LogP contribution in [0.1, 0.15) is 35.8 Å². The van der Waals surface area contributed by atoms with Gasteiger partial charge in [0.2, 0.25) is 0 Å². The third-order valence-corrected chi connectivity index (χ3v) is 4.52. The quantitative estimate of drug-likeness (QED) is 0.859. The average Bonchev–Trinajstić information content (AvgIpc) is 2.94. The lowest BCUT2D eigenvalue weighted by molar-refractivity contribution is 0.137. The molecule has 0 radical (unpaired) electrons. The van der Waals surface area contributed by atoms with Gasteiger partial charge in [-0.3, -0.25) is 4.90 Å². The zero-order valence-electron chi connectivity index (χ0n) is 11.4. The SMILES string of the molecule is Oc1ccc2c(c1)C(N1CCn3cnnc3C1)CCC2. The van der Waals surface area contributed by atoms with E-state index in [4.69, 9.17) is 0 Å². The number of hydrogen-bond donors (Lipinski definition) is 1. The summed E-state index contributed by atoms with van der Waals surface area (Å²) in [7, 11) is 0. The topological polar surface area (TPSA) is 54.2 Å². The number of aromatic hydroxyl groups is 1. The number of fused-ring (bicyclic) bond motifs is 2. The van der Waals surface area contributed by atoms with Crippen LogP contribution in [-0.2, 0) is 19.5 Å². The summed E-state index contributed by atoms with van der Waals surface area (Å²) in [6, 6.07) is 6.21. The van der Waals surface area contributed by atoms with Gasteiger partial charge in [0, 0.05) is 19.1 Å². The molecule has 2 heterocycles. The van der Waals surface area contributed by atoms with Gasteiger partial charge in [0.15, 0.2) is 0 Å². The van der Waals surface area contributed by atoms with Crippen molar-refractivity contribution < 1.29 is 5.11 Å². The normalized spacial score (nSPS) is 22.3. The predicted molar refractivity (Wildman–Crippen MR) is 74.2 cm³/mol. The Balaban J connectivity index is 1.66. The van der Waals surface area contributed by atoms with Gasteiger partial charge >= 0.3 is 0 Å². The largest absolute Gasteiger partial charge is 0.508 e. The van der Waals surface area contributed by atoms with E-state index in [9.17, 15) is 5.11 Å². The van der Waals surface area contributed by atoms with Crippen molar-refractivity contribution in [3.8, 4) is 5.75 Å². The molecule has 1 atom stereocenters. The highest BCUT2D eigenvalue weighted by Crippen LogP contribution is 2.37. The van der Waals surface area contributed by atoms with Crippen LogP contribution in [0.4, 0.5) is 0 Å². The molecule has 5 heteroatoms. The number of rotatable bonds is 1. The lowest BCUT2D eigenvalue weighted by Crippen LogP contribution is -2.38. The minimum Gasteiger partial charge on any atom is -0.508 e. The maximum absolute atomic E-state index is 9.78. The van der Waals surface area contributed by atoms with Gasteiger partial charge in [0.05, 0.1) is 6.54 Å². The number of phenols is 1. The summed E-state index contributed by atoms with van der Waals surface area (Å²) in [6.45, 7) is 2.82. The van der Waals surface area contributed by atoms with E-state index in [2.05, 4.69) is 25.7 Å². The Labute approximate surface area is 117 Å². The Morgan fingerprint density at radius 3 is 3.15 bits per heavy atom. The van der Waals surface area contributed by atoms with Crippen molar-refractivity contribution in [2.24, 2.45) is 0 Å². The molecule has 1 N–H and O–H groups in total. The Morgan fingerprint density at radius 2 is 2.20 bits per heavy atom. The first-order valence-corrected chi connectivity index (χ1v) is 7.24. The number of aryl methyl sites for hydroxylation is 1. The predicted octanol–water partition coefficient (Wildman–Crippen LogP) is 1.88. The summed E-state index contributed by atoms with van der Waals surface area (Å²) in [5, 5.41) is 18.0. The molecule has 1 aliphatic carbocycles. The molecule has 20 heavy (non-hydrogen) atoms. The number of benzene rings is 1. The summed E-state index contributed by atoms with van der Waals surface area (Å²) in [4.78, 5) is 2.47. The monoisotopic (exact) mass is 270 g/mol. The van der Waals surface area contributed by atoms with Crippen molar-refractivity contribution in [2.45, 2.75) is 38.4 Å². The summed E-state index contributed by atoms with van der Waals surface area (Å²) < 4.78 is 2.13. The second kappa shape index (κ2) is 4.59. The molecular formula is C15H18N4O. The third kappa shape index (κ3) is 1.89. The number of hydrogen-bond acceptors (Lipinski definition) is 4. The highest BCUT2D eigenvalue weighted by atomic mass is 16.3. The van der Waals surface area contributed by atoms with Crippen LogP contribution in [-0.4, -0.2) is 31.3 Å². The molecule has 1 aliphatic heterocycles. The summed E-state index contributed by atoms with van der Waals surface area (Å²) >= 11 is 0. The van der Waals surface area contributed by atoms with E-state index in [0.717, 1.165) is 38.3 Å². The van der Waals surface area contributed by atoms with Crippen molar-refractivity contribution in [2.75, 3.05) is 6.54 Å². The van der Waals surface area contributed by atoms with Crippen molar-refractivity contribution in [1.82, 2.24) is 19.7 Å². The van der Waals surface area contributed by atoms with E-state index < -0.39 is 0 Å². The second-order valence-electron chi connectivity index (χ2n) is 5.70. The molecule has 0 spiro atoms. The highest BCUT2D eigenvalue weighted by Gasteiger charge is 2.29. The summed E-state index contributed by atoms with van der Waals surface area (Å²) in [6.07, 6.45) is 5.31. The van der Waals surface area contributed by atoms with Gasteiger partial charge < -0.3 is 9.67 Å². The average molecular weight is 270 g/mol. The van der Waals surface area contributed by atoms with Gasteiger partial charge in [0.25, 0.3) is 0 Å². The first kappa shape index (κ1) is 11.9. The molecule has 4 rings (SSSR count). The zero-order valence-corrected chi connectivity index (χ0v) is 11.4. The van der Waals surface area contributed by atoms with Gasteiger partial charge in [-0.15, -0.1) is 10.2 Å². The van der Waals surface area contributed by atoms with Crippen LogP contribution >= 0.6 is 0 Å². The summed E-state index contributed by atoms with van der Waals surface area (Å²) in [5.41, 5.74) is 2.68. The Morgan fingerprint density at radius 1 is 1.25 bits per heavy atom. The molecule has 0 amide bonds. The lowest BCUT2D eigenvalue weighted by atomic mass is 9.86. The molecule has 5 nitrogen and oxygen atoms in total. The number of phenolic OH excluding ortho intramolecular Hbond substituents is 1. The molecule has 1 unspecified atom stereocenters. The number of aromatic nitrogens is 3. The molecule has 2 aliphatic rings. The number of nitrogens with zero attached hydrogens (tertiary/aromatic N) is 4. The Kier molecular flexibility index (Phi) is 2.73. The Hall–Kier alpha value is -1.88. The van der Waals surface area contributed by atoms with E-state index in [1.165, 1.54) is 17.5 Å². The molecule has 0 fully saturated rings. The van der Waals surface area contributed by atoms with Gasteiger partial charge in [0.1, 0.15) is 17.9 Å². The van der Waals surface area contributed by atoms with Gasteiger partial charge in [-0.1, -0.05) is 6.07 Å². The van der Waals surface area contributed by atoms with Gasteiger partial charge in [-0.2, -0.15) is 0 Å². The van der Waals surface area contributed by atoms with Crippen molar-refractivity contribution in [3.05, 3.63) is 41.5 Å². The van der Waals surface area contributed by atoms with Crippen LogP contribution in [0, 0.1) is 0 Å². The third-order valence-electron chi connectivity index (χ3n) is 4.52. The minimum atomic E-state index is 0.371. The van der Waals surface area contributed by atoms with Crippen LogP contribution in [0.2, 0.25) is 0 Å². The molecule has 2 aromatic rings.